The largest absolute Gasteiger partial charge is 0.475 e. The molecular formula is C57H38BF24NOP-. The Hall–Kier alpha value is -7.18. The maximum atomic E-state index is 14.2. The second-order valence-electron chi connectivity index (χ2n) is 20.4. The number of hydrogen-bond donors (Lipinski definition) is 0. The Kier molecular flexibility index (Phi) is 17.6. The Bertz CT molecular complexity index is 3080. The summed E-state index contributed by atoms with van der Waals surface area (Å²) in [4.78, 5) is 4.96. The number of ether oxygens (including phenoxy) is 1. The first kappa shape index (κ1) is 65.4. The molecule has 1 aliphatic rings. The van der Waals surface area contributed by atoms with Crippen LogP contribution in [-0.4, -0.2) is 24.7 Å². The summed E-state index contributed by atoms with van der Waals surface area (Å²) in [6, 6.07) is 21.5. The Labute approximate surface area is 467 Å². The van der Waals surface area contributed by atoms with Crippen molar-refractivity contribution in [1.82, 2.24) is 0 Å². The minimum atomic E-state index is -6.13. The van der Waals surface area contributed by atoms with E-state index >= 15 is 0 Å². The van der Waals surface area contributed by atoms with Crippen molar-refractivity contribution in [2.75, 3.05) is 6.61 Å². The summed E-state index contributed by atoms with van der Waals surface area (Å²) in [6.45, 7) is 7.32. The highest BCUT2D eigenvalue weighted by atomic mass is 31.1. The van der Waals surface area contributed by atoms with E-state index in [0.29, 0.717) is 6.61 Å². The maximum Gasteiger partial charge on any atom is 0.416 e. The molecule has 85 heavy (non-hydrogen) atoms. The summed E-state index contributed by atoms with van der Waals surface area (Å²) in [5, 5.41) is 3.97. The first-order valence-corrected chi connectivity index (χ1v) is 25.7. The third-order valence-corrected chi connectivity index (χ3v) is 16.0. The van der Waals surface area contributed by atoms with Gasteiger partial charge in [0.15, 0.2) is 0 Å². The van der Waals surface area contributed by atoms with Gasteiger partial charge in [0.1, 0.15) is 12.8 Å². The summed E-state index contributed by atoms with van der Waals surface area (Å²) in [6.07, 6.45) is -54.8. The molecule has 0 unspecified atom stereocenters. The lowest BCUT2D eigenvalue weighted by molar-refractivity contribution is -0.144. The highest BCUT2D eigenvalue weighted by Gasteiger charge is 2.47. The standard InChI is InChI=1S/C32H12BF24.C25H26NOP/c34-25(35,36)13-1-14(26(37,38)39)6-21(5-13)33(22-7-15(27(40,41)42)2-16(8-22)28(43,44)45,23-9-17(29(46,47)48)3-18(10-23)30(49,50)51)24-11-19(31(52,53)54)4-20(12-24)32(55,56)57;1-25(2,3)23-18-27-24(26-23)21-16-10-11-17-22(21)28(19-12-6-4-7-13-19)20-14-8-5-9-15-20/h1-12H;4-17,23H,18H2,1-3H3/q-1;/t;23-/m.1/s1. The van der Waals surface area contributed by atoms with Crippen molar-refractivity contribution in [1.29, 1.82) is 0 Å². The van der Waals surface area contributed by atoms with Crippen molar-refractivity contribution in [2.45, 2.75) is 76.2 Å². The molecule has 7 aromatic carbocycles. The van der Waals surface area contributed by atoms with Gasteiger partial charge in [-0.1, -0.05) is 148 Å². The molecule has 0 amide bonds. The molecule has 1 aliphatic heterocycles. The third kappa shape index (κ3) is 14.7. The van der Waals surface area contributed by atoms with Crippen LogP contribution in [0.3, 0.4) is 0 Å². The molecule has 8 rings (SSSR count). The lowest BCUT2D eigenvalue weighted by Crippen LogP contribution is -2.75. The molecule has 0 aromatic heterocycles. The Morgan fingerprint density at radius 2 is 0.600 bits per heavy atom. The predicted molar refractivity (Wildman–Crippen MR) is 271 cm³/mol. The van der Waals surface area contributed by atoms with Crippen LogP contribution in [-0.2, 0) is 54.1 Å². The third-order valence-electron chi connectivity index (χ3n) is 13.5. The molecule has 1 atom stereocenters. The van der Waals surface area contributed by atoms with E-state index in [2.05, 4.69) is 106 Å². The van der Waals surface area contributed by atoms with E-state index in [1.165, 1.54) is 15.9 Å². The lowest BCUT2D eigenvalue weighted by atomic mass is 9.12. The highest BCUT2D eigenvalue weighted by Crippen LogP contribution is 2.42. The second-order valence-corrected chi connectivity index (χ2v) is 22.6. The number of hydrogen-bond acceptors (Lipinski definition) is 2. The molecule has 0 N–H and O–H groups in total. The normalized spacial score (nSPS) is 15.1. The lowest BCUT2D eigenvalue weighted by Gasteiger charge is -2.46. The molecule has 0 fully saturated rings. The number of alkyl halides is 24. The summed E-state index contributed by atoms with van der Waals surface area (Å²) in [5.74, 6) is 0.787. The van der Waals surface area contributed by atoms with E-state index in [1.54, 1.807) is 0 Å². The Morgan fingerprint density at radius 3 is 0.835 bits per heavy atom. The second kappa shape index (κ2) is 22.9. The zero-order valence-electron chi connectivity index (χ0n) is 43.2. The van der Waals surface area contributed by atoms with Crippen LogP contribution in [0.25, 0.3) is 0 Å². The van der Waals surface area contributed by atoms with Crippen molar-refractivity contribution in [2.24, 2.45) is 10.4 Å². The van der Waals surface area contributed by atoms with Gasteiger partial charge >= 0.3 is 49.4 Å². The van der Waals surface area contributed by atoms with Crippen LogP contribution < -0.4 is 37.8 Å². The first-order valence-electron chi connectivity index (χ1n) is 24.4. The number of halogens is 24. The summed E-state index contributed by atoms with van der Waals surface area (Å²) in [7, 11) is -0.686. The van der Waals surface area contributed by atoms with Crippen molar-refractivity contribution in [3.8, 4) is 0 Å². The van der Waals surface area contributed by atoms with E-state index in [-0.39, 0.29) is 11.5 Å². The molecule has 0 saturated heterocycles. The zero-order valence-corrected chi connectivity index (χ0v) is 44.1. The van der Waals surface area contributed by atoms with Crippen LogP contribution >= 0.6 is 7.92 Å². The summed E-state index contributed by atoms with van der Waals surface area (Å²) in [5.41, 5.74) is -29.0. The molecule has 0 spiro atoms. The minimum absolute atomic E-state index is 0.0975. The first-order chi connectivity index (χ1) is 38.8. The van der Waals surface area contributed by atoms with Crippen LogP contribution in [0.5, 0.6) is 0 Å². The van der Waals surface area contributed by atoms with Gasteiger partial charge in [-0.05, 0) is 59.6 Å². The Balaban J connectivity index is 0.000000306. The van der Waals surface area contributed by atoms with Crippen LogP contribution in [0, 0.1) is 5.41 Å². The van der Waals surface area contributed by atoms with Gasteiger partial charge in [-0.25, -0.2) is 4.99 Å². The minimum Gasteiger partial charge on any atom is -0.475 e. The van der Waals surface area contributed by atoms with Gasteiger partial charge in [0.05, 0.1) is 50.5 Å². The molecule has 0 aliphatic carbocycles. The van der Waals surface area contributed by atoms with Crippen LogP contribution in [0.1, 0.15) is 70.8 Å². The van der Waals surface area contributed by atoms with Gasteiger partial charge in [-0.15, -0.1) is 0 Å². The van der Waals surface area contributed by atoms with Gasteiger partial charge < -0.3 is 4.74 Å². The van der Waals surface area contributed by atoms with Gasteiger partial charge in [0, 0.05) is 5.56 Å². The van der Waals surface area contributed by atoms with E-state index in [9.17, 15) is 105 Å². The van der Waals surface area contributed by atoms with E-state index in [0.717, 1.165) is 11.5 Å². The fourth-order valence-electron chi connectivity index (χ4n) is 9.47. The van der Waals surface area contributed by atoms with Gasteiger partial charge in [0.2, 0.25) is 5.90 Å². The topological polar surface area (TPSA) is 21.6 Å². The summed E-state index contributed by atoms with van der Waals surface area (Å²) >= 11 is 0. The molecule has 28 heteroatoms. The average Bonchev–Trinajstić information content (AvgIpc) is 1.32. The van der Waals surface area contributed by atoms with Gasteiger partial charge in [0.25, 0.3) is 0 Å². The van der Waals surface area contributed by atoms with E-state index < -0.39 is 203 Å². The molecule has 0 radical (unpaired) electrons. The zero-order chi connectivity index (χ0) is 63.5. The average molecular weight is 1250 g/mol. The van der Waals surface area contributed by atoms with Crippen LogP contribution in [0.4, 0.5) is 105 Å². The quantitative estimate of drug-likeness (QED) is 0.0844. The fourth-order valence-corrected chi connectivity index (χ4v) is 11.9. The number of aliphatic imine (C=N–C) groups is 1. The van der Waals surface area contributed by atoms with Crippen molar-refractivity contribution < 1.29 is 110 Å². The highest BCUT2D eigenvalue weighted by molar-refractivity contribution is 7.80. The van der Waals surface area contributed by atoms with Crippen molar-refractivity contribution >= 4 is 57.7 Å². The van der Waals surface area contributed by atoms with Gasteiger partial charge in [-0.3, -0.25) is 0 Å². The van der Waals surface area contributed by atoms with E-state index in [4.69, 9.17) is 9.73 Å². The maximum absolute atomic E-state index is 14.2. The molecule has 454 valence electrons. The summed E-state index contributed by atoms with van der Waals surface area (Å²) < 4.78 is 347. The molecular weight excluding hydrogens is 1210 g/mol. The molecule has 1 heterocycles. The monoisotopic (exact) mass is 1250 g/mol. The molecule has 7 aromatic rings. The van der Waals surface area contributed by atoms with Crippen LogP contribution in [0.15, 0.2) is 163 Å². The fraction of sp³-hybridized carbons (Fsp3) is 0.246. The molecule has 0 bridgehead atoms. The van der Waals surface area contributed by atoms with Crippen LogP contribution in [0.2, 0.25) is 0 Å². The van der Waals surface area contributed by atoms with Crippen molar-refractivity contribution in [3.05, 3.63) is 208 Å². The van der Waals surface area contributed by atoms with Crippen molar-refractivity contribution in [3.63, 3.8) is 0 Å². The number of benzene rings is 7. The Morgan fingerprint density at radius 1 is 0.353 bits per heavy atom. The van der Waals surface area contributed by atoms with E-state index in [1.807, 2.05) is 0 Å². The smallest absolute Gasteiger partial charge is 0.416 e. The molecule has 2 nitrogen and oxygen atoms in total. The SMILES string of the molecule is CC(C)(C)[C@H]1COC(c2ccccc2P(c2ccccc2)c2ccccc2)=N1.FC(F)(F)c1cc([B-](c2cc(C(F)(F)F)cc(C(F)(F)F)c2)(c2cc(C(F)(F)F)cc(C(F)(F)F)c2)c2cc(C(F)(F)F)cc(C(F)(F)F)c2)cc(C(F)(F)F)c1. The predicted octanol–water partition coefficient (Wildman–Crippen LogP) is 15.9. The number of rotatable bonds is 8. The number of nitrogens with zero attached hydrogens (tertiary/aromatic N) is 1. The van der Waals surface area contributed by atoms with Gasteiger partial charge in [-0.2, -0.15) is 127 Å². The molecule has 0 saturated carbocycles.